The molecule has 202 valence electrons. The van der Waals surface area contributed by atoms with E-state index in [0.717, 1.165) is 5.56 Å². The molecule has 2 amide bonds. The number of amides is 2. The molecular formula is C31H36Cl2N2O3. The second-order valence-corrected chi connectivity index (χ2v) is 11.0. The second kappa shape index (κ2) is 14.2. The van der Waals surface area contributed by atoms with Gasteiger partial charge < -0.3 is 15.0 Å². The van der Waals surface area contributed by atoms with E-state index in [1.807, 2.05) is 68.4 Å². The van der Waals surface area contributed by atoms with Crippen LogP contribution < -0.4 is 10.1 Å². The Morgan fingerprint density at radius 1 is 0.921 bits per heavy atom. The van der Waals surface area contributed by atoms with Crippen LogP contribution in [0.1, 0.15) is 50.3 Å². The van der Waals surface area contributed by atoms with Crippen LogP contribution >= 0.6 is 23.2 Å². The Bertz CT molecular complexity index is 1200. The van der Waals surface area contributed by atoms with Gasteiger partial charge in [-0.3, -0.25) is 9.59 Å². The van der Waals surface area contributed by atoms with E-state index in [1.165, 1.54) is 5.56 Å². The molecule has 1 atom stereocenters. The van der Waals surface area contributed by atoms with Crippen LogP contribution in [0, 0.1) is 5.92 Å². The van der Waals surface area contributed by atoms with Gasteiger partial charge in [-0.2, -0.15) is 0 Å². The monoisotopic (exact) mass is 554 g/mol. The minimum absolute atomic E-state index is 0.136. The Balaban J connectivity index is 1.90. The van der Waals surface area contributed by atoms with Gasteiger partial charge in [0.1, 0.15) is 11.8 Å². The fraction of sp³-hybridized carbons (Fsp3) is 0.355. The lowest BCUT2D eigenvalue weighted by Gasteiger charge is -2.32. The number of carbonyl (C=O) groups is 2. The zero-order valence-electron chi connectivity index (χ0n) is 22.4. The van der Waals surface area contributed by atoms with E-state index in [4.69, 9.17) is 27.9 Å². The van der Waals surface area contributed by atoms with Crippen molar-refractivity contribution in [3.05, 3.63) is 99.5 Å². The Kier molecular flexibility index (Phi) is 11.1. The molecule has 0 spiro atoms. The summed E-state index contributed by atoms with van der Waals surface area (Å²) in [7, 11) is 0. The summed E-state index contributed by atoms with van der Waals surface area (Å²) in [6.45, 7) is 8.73. The van der Waals surface area contributed by atoms with Gasteiger partial charge in [0.25, 0.3) is 5.91 Å². The van der Waals surface area contributed by atoms with Crippen LogP contribution in [0.5, 0.6) is 5.75 Å². The molecule has 0 heterocycles. The molecule has 1 N–H and O–H groups in total. The van der Waals surface area contributed by atoms with Crippen molar-refractivity contribution in [2.75, 3.05) is 13.2 Å². The normalized spacial score (nSPS) is 11.9. The summed E-state index contributed by atoms with van der Waals surface area (Å²) >= 11 is 12.6. The van der Waals surface area contributed by atoms with E-state index in [2.05, 4.69) is 19.2 Å². The van der Waals surface area contributed by atoms with E-state index in [0.29, 0.717) is 40.2 Å². The van der Waals surface area contributed by atoms with Crippen LogP contribution in [0.3, 0.4) is 0 Å². The lowest BCUT2D eigenvalue weighted by atomic mass is 10.0. The summed E-state index contributed by atoms with van der Waals surface area (Å²) in [4.78, 5) is 28.8. The van der Waals surface area contributed by atoms with Gasteiger partial charge >= 0.3 is 0 Å². The van der Waals surface area contributed by atoms with Crippen molar-refractivity contribution >= 4 is 35.0 Å². The van der Waals surface area contributed by atoms with E-state index >= 15 is 0 Å². The van der Waals surface area contributed by atoms with Crippen molar-refractivity contribution in [1.82, 2.24) is 10.2 Å². The summed E-state index contributed by atoms with van der Waals surface area (Å²) in [5.74, 6) is 0.722. The van der Waals surface area contributed by atoms with Crippen molar-refractivity contribution in [3.63, 3.8) is 0 Å². The van der Waals surface area contributed by atoms with Crippen molar-refractivity contribution < 1.29 is 14.3 Å². The van der Waals surface area contributed by atoms with E-state index in [1.54, 1.807) is 23.1 Å². The molecule has 0 radical (unpaired) electrons. The molecule has 0 unspecified atom stereocenters. The van der Waals surface area contributed by atoms with Gasteiger partial charge in [0.05, 0.1) is 0 Å². The summed E-state index contributed by atoms with van der Waals surface area (Å²) in [5, 5.41) is 3.94. The predicted octanol–water partition coefficient (Wildman–Crippen LogP) is 6.91. The minimum Gasteiger partial charge on any atom is -0.484 e. The zero-order chi connectivity index (χ0) is 27.7. The van der Waals surface area contributed by atoms with Gasteiger partial charge in [0.2, 0.25) is 5.91 Å². The van der Waals surface area contributed by atoms with Crippen LogP contribution in [-0.2, 0) is 22.6 Å². The quantitative estimate of drug-likeness (QED) is 0.264. The maximum absolute atomic E-state index is 13.7. The van der Waals surface area contributed by atoms with E-state index in [-0.39, 0.29) is 30.9 Å². The molecule has 0 bridgehead atoms. The average molecular weight is 556 g/mol. The summed E-state index contributed by atoms with van der Waals surface area (Å²) < 4.78 is 5.87. The number of carbonyl (C=O) groups excluding carboxylic acids is 2. The third-order valence-corrected chi connectivity index (χ3v) is 6.81. The second-order valence-electron chi connectivity index (χ2n) is 10.1. The first-order valence-electron chi connectivity index (χ1n) is 12.9. The van der Waals surface area contributed by atoms with Crippen LogP contribution in [0.2, 0.25) is 10.0 Å². The van der Waals surface area contributed by atoms with Crippen molar-refractivity contribution in [3.8, 4) is 5.75 Å². The van der Waals surface area contributed by atoms with E-state index < -0.39 is 6.04 Å². The van der Waals surface area contributed by atoms with Crippen LogP contribution in [-0.4, -0.2) is 35.9 Å². The SMILES string of the molecule is CC(C)CNC(=O)[C@H](Cc1ccccc1)N(Cc1ccc(Cl)cc1Cl)C(=O)COc1ccc(C(C)C)cc1. The Labute approximate surface area is 236 Å². The average Bonchev–Trinajstić information content (AvgIpc) is 2.89. The first-order valence-corrected chi connectivity index (χ1v) is 13.7. The van der Waals surface area contributed by atoms with Gasteiger partial charge in [0.15, 0.2) is 6.61 Å². The summed E-state index contributed by atoms with van der Waals surface area (Å²) in [6, 6.07) is 21.8. The summed E-state index contributed by atoms with van der Waals surface area (Å²) in [5.41, 5.74) is 2.83. The molecule has 0 fully saturated rings. The maximum atomic E-state index is 13.7. The first kappa shape index (κ1) is 29.5. The van der Waals surface area contributed by atoms with Crippen LogP contribution in [0.25, 0.3) is 0 Å². The molecule has 38 heavy (non-hydrogen) atoms. The topological polar surface area (TPSA) is 58.6 Å². The van der Waals surface area contributed by atoms with Gasteiger partial charge in [0, 0.05) is 29.6 Å². The predicted molar refractivity (Wildman–Crippen MR) is 155 cm³/mol. The number of hydrogen-bond acceptors (Lipinski definition) is 3. The Morgan fingerprint density at radius 3 is 2.21 bits per heavy atom. The lowest BCUT2D eigenvalue weighted by Crippen LogP contribution is -2.52. The van der Waals surface area contributed by atoms with Gasteiger partial charge in [-0.15, -0.1) is 0 Å². The highest BCUT2D eigenvalue weighted by Gasteiger charge is 2.31. The highest BCUT2D eigenvalue weighted by atomic mass is 35.5. The largest absolute Gasteiger partial charge is 0.484 e. The highest BCUT2D eigenvalue weighted by Crippen LogP contribution is 2.25. The Hall–Kier alpha value is -3.02. The molecular weight excluding hydrogens is 519 g/mol. The number of nitrogens with one attached hydrogen (secondary N) is 1. The number of hydrogen-bond donors (Lipinski definition) is 1. The molecule has 0 aromatic heterocycles. The molecule has 3 aromatic rings. The highest BCUT2D eigenvalue weighted by molar-refractivity contribution is 6.35. The van der Waals surface area contributed by atoms with Crippen LogP contribution in [0.4, 0.5) is 0 Å². The van der Waals surface area contributed by atoms with Gasteiger partial charge in [-0.25, -0.2) is 0 Å². The fourth-order valence-electron chi connectivity index (χ4n) is 3.99. The number of nitrogens with zero attached hydrogens (tertiary/aromatic N) is 1. The fourth-order valence-corrected chi connectivity index (χ4v) is 4.46. The van der Waals surface area contributed by atoms with Crippen LogP contribution in [0.15, 0.2) is 72.8 Å². The molecule has 0 saturated carbocycles. The smallest absolute Gasteiger partial charge is 0.261 e. The molecule has 0 aliphatic rings. The van der Waals surface area contributed by atoms with Gasteiger partial charge in [-0.1, -0.05) is 99.4 Å². The molecule has 3 rings (SSSR count). The van der Waals surface area contributed by atoms with E-state index in [9.17, 15) is 9.59 Å². The number of halogens is 2. The van der Waals surface area contributed by atoms with Crippen molar-refractivity contribution in [1.29, 1.82) is 0 Å². The molecule has 0 saturated heterocycles. The third-order valence-electron chi connectivity index (χ3n) is 6.22. The number of rotatable bonds is 12. The number of benzene rings is 3. The first-order chi connectivity index (χ1) is 18.1. The maximum Gasteiger partial charge on any atom is 0.261 e. The summed E-state index contributed by atoms with van der Waals surface area (Å²) in [6.07, 6.45) is 0.352. The van der Waals surface area contributed by atoms with Crippen molar-refractivity contribution in [2.24, 2.45) is 5.92 Å². The van der Waals surface area contributed by atoms with Gasteiger partial charge in [-0.05, 0) is 52.8 Å². The lowest BCUT2D eigenvalue weighted by molar-refractivity contribution is -0.142. The number of ether oxygens (including phenoxy) is 1. The third kappa shape index (κ3) is 8.78. The zero-order valence-corrected chi connectivity index (χ0v) is 23.9. The molecule has 7 heteroatoms. The molecule has 0 aliphatic carbocycles. The van der Waals surface area contributed by atoms with Crippen molar-refractivity contribution in [2.45, 2.75) is 52.6 Å². The Morgan fingerprint density at radius 2 is 1.61 bits per heavy atom. The minimum atomic E-state index is -0.762. The molecule has 0 aliphatic heterocycles. The standard InChI is InChI=1S/C31H36Cl2N2O3/c1-21(2)18-34-31(37)29(16-23-8-6-5-7-9-23)35(19-25-10-13-26(32)17-28(25)33)30(36)20-38-27-14-11-24(12-15-27)22(3)4/h5-15,17,21-22,29H,16,18-20H2,1-4H3,(H,34,37)/t29-/m0/s1. The molecule has 5 nitrogen and oxygen atoms in total. The molecule has 3 aromatic carbocycles.